The van der Waals surface area contributed by atoms with Crippen LogP contribution in [0.5, 0.6) is 0 Å². The molecule has 0 aliphatic carbocycles. The van der Waals surface area contributed by atoms with Crippen molar-refractivity contribution in [3.8, 4) is 0 Å². The Morgan fingerprint density at radius 3 is 2.73 bits per heavy atom. The van der Waals surface area contributed by atoms with Crippen LogP contribution in [0.4, 0.5) is 0 Å². The smallest absolute Gasteiger partial charge is 0.267 e. The van der Waals surface area contributed by atoms with Crippen molar-refractivity contribution in [3.63, 3.8) is 0 Å². The van der Waals surface area contributed by atoms with Crippen LogP contribution in [0, 0.1) is 6.92 Å². The number of carbonyl (C=O) groups is 2. The molecule has 1 aliphatic rings. The van der Waals surface area contributed by atoms with E-state index < -0.39 is 0 Å². The van der Waals surface area contributed by atoms with E-state index in [9.17, 15) is 9.59 Å². The predicted molar refractivity (Wildman–Crippen MR) is 103 cm³/mol. The molecule has 2 N–H and O–H groups in total. The van der Waals surface area contributed by atoms with E-state index >= 15 is 0 Å². The predicted octanol–water partition coefficient (Wildman–Crippen LogP) is 3.12. The van der Waals surface area contributed by atoms with E-state index in [4.69, 9.17) is 4.74 Å². The summed E-state index contributed by atoms with van der Waals surface area (Å²) in [6, 6.07) is 11.0. The van der Waals surface area contributed by atoms with Crippen LogP contribution < -0.4 is 10.6 Å². The average Bonchev–Trinajstić information content (AvgIpc) is 3.33. The third-order valence-corrected chi connectivity index (χ3v) is 4.97. The van der Waals surface area contributed by atoms with Gasteiger partial charge in [0.15, 0.2) is 0 Å². The molecular formula is C20H22N2O3S. The monoisotopic (exact) mass is 370 g/mol. The summed E-state index contributed by atoms with van der Waals surface area (Å²) in [6.45, 7) is 3.14. The molecule has 0 spiro atoms. The Bertz CT molecular complexity index is 776. The number of hydrogen-bond donors (Lipinski definition) is 2. The van der Waals surface area contributed by atoms with Crippen molar-refractivity contribution in [2.75, 3.05) is 13.2 Å². The number of hydrogen-bond acceptors (Lipinski definition) is 4. The third-order valence-electron chi connectivity index (χ3n) is 4.15. The fourth-order valence-corrected chi connectivity index (χ4v) is 3.34. The molecule has 136 valence electrons. The first-order valence-corrected chi connectivity index (χ1v) is 9.53. The number of thiophene rings is 1. The summed E-state index contributed by atoms with van der Waals surface area (Å²) >= 11 is 1.50. The normalized spacial score (nSPS) is 17.1. The number of ether oxygens (including phenoxy) is 1. The molecule has 0 unspecified atom stereocenters. The third kappa shape index (κ3) is 5.03. The van der Waals surface area contributed by atoms with Gasteiger partial charge in [0.1, 0.15) is 5.70 Å². The summed E-state index contributed by atoms with van der Waals surface area (Å²) in [7, 11) is 0. The van der Waals surface area contributed by atoms with Crippen molar-refractivity contribution in [1.82, 2.24) is 10.6 Å². The second kappa shape index (κ2) is 8.78. The Kier molecular flexibility index (Phi) is 6.20. The lowest BCUT2D eigenvalue weighted by Crippen LogP contribution is -2.38. The van der Waals surface area contributed by atoms with Gasteiger partial charge in [-0.3, -0.25) is 9.59 Å². The maximum atomic E-state index is 12.6. The number of amides is 2. The van der Waals surface area contributed by atoms with E-state index in [0.717, 1.165) is 29.9 Å². The molecule has 1 fully saturated rings. The molecule has 1 aliphatic heterocycles. The minimum Gasteiger partial charge on any atom is -0.376 e. The van der Waals surface area contributed by atoms with E-state index in [1.165, 1.54) is 11.3 Å². The average molecular weight is 370 g/mol. The van der Waals surface area contributed by atoms with E-state index in [-0.39, 0.29) is 23.6 Å². The van der Waals surface area contributed by atoms with Gasteiger partial charge in [0, 0.05) is 23.6 Å². The van der Waals surface area contributed by atoms with Gasteiger partial charge in [-0.15, -0.1) is 11.3 Å². The lowest BCUT2D eigenvalue weighted by molar-refractivity contribution is -0.118. The Morgan fingerprint density at radius 2 is 2.08 bits per heavy atom. The highest BCUT2D eigenvalue weighted by atomic mass is 32.1. The van der Waals surface area contributed by atoms with Crippen LogP contribution in [-0.4, -0.2) is 31.1 Å². The molecular weight excluding hydrogens is 348 g/mol. The van der Waals surface area contributed by atoms with E-state index in [2.05, 4.69) is 10.6 Å². The van der Waals surface area contributed by atoms with Crippen LogP contribution in [-0.2, 0) is 9.53 Å². The van der Waals surface area contributed by atoms with Crippen LogP contribution in [0.1, 0.15) is 33.6 Å². The first-order chi connectivity index (χ1) is 12.6. The molecule has 0 radical (unpaired) electrons. The van der Waals surface area contributed by atoms with Crippen molar-refractivity contribution in [2.45, 2.75) is 25.9 Å². The van der Waals surface area contributed by atoms with Crippen LogP contribution in [0.3, 0.4) is 0 Å². The molecule has 0 bridgehead atoms. The fourth-order valence-electron chi connectivity index (χ4n) is 2.68. The highest BCUT2D eigenvalue weighted by Crippen LogP contribution is 2.14. The van der Waals surface area contributed by atoms with Crippen LogP contribution in [0.2, 0.25) is 0 Å². The number of nitrogens with one attached hydrogen (secondary N) is 2. The van der Waals surface area contributed by atoms with Gasteiger partial charge < -0.3 is 15.4 Å². The van der Waals surface area contributed by atoms with Gasteiger partial charge in [0.2, 0.25) is 0 Å². The molecule has 5 nitrogen and oxygen atoms in total. The van der Waals surface area contributed by atoms with Crippen molar-refractivity contribution in [2.24, 2.45) is 0 Å². The van der Waals surface area contributed by atoms with Crippen molar-refractivity contribution < 1.29 is 14.3 Å². The van der Waals surface area contributed by atoms with Crippen molar-refractivity contribution >= 4 is 29.2 Å². The zero-order valence-corrected chi connectivity index (χ0v) is 15.5. The van der Waals surface area contributed by atoms with Gasteiger partial charge >= 0.3 is 0 Å². The van der Waals surface area contributed by atoms with Gasteiger partial charge in [-0.2, -0.15) is 0 Å². The maximum absolute atomic E-state index is 12.6. The summed E-state index contributed by atoms with van der Waals surface area (Å²) in [6.07, 6.45) is 3.71. The highest BCUT2D eigenvalue weighted by molar-refractivity contribution is 7.10. The summed E-state index contributed by atoms with van der Waals surface area (Å²) < 4.78 is 5.53. The fraction of sp³-hybridized carbons (Fsp3) is 0.300. The summed E-state index contributed by atoms with van der Waals surface area (Å²) in [5, 5.41) is 7.53. The number of benzene rings is 1. The maximum Gasteiger partial charge on any atom is 0.267 e. The SMILES string of the molecule is Cc1ccc(C(=O)N/C(=C\c2cccs2)C(=O)NC[C@@H]2CCCO2)cc1. The molecule has 1 saturated heterocycles. The molecule has 3 rings (SSSR count). The Labute approximate surface area is 157 Å². The second-order valence-electron chi connectivity index (χ2n) is 6.24. The summed E-state index contributed by atoms with van der Waals surface area (Å²) in [5.41, 5.74) is 1.82. The Hall–Kier alpha value is -2.44. The van der Waals surface area contributed by atoms with Gasteiger partial charge in [-0.25, -0.2) is 0 Å². The molecule has 1 aromatic carbocycles. The highest BCUT2D eigenvalue weighted by Gasteiger charge is 2.19. The first kappa shape index (κ1) is 18.4. The lowest BCUT2D eigenvalue weighted by Gasteiger charge is -2.13. The quantitative estimate of drug-likeness (QED) is 0.768. The van der Waals surface area contributed by atoms with E-state index in [1.54, 1.807) is 18.2 Å². The van der Waals surface area contributed by atoms with Gasteiger partial charge in [0.05, 0.1) is 6.10 Å². The number of aryl methyl sites for hydroxylation is 1. The van der Waals surface area contributed by atoms with Crippen LogP contribution in [0.15, 0.2) is 47.5 Å². The molecule has 1 aromatic heterocycles. The lowest BCUT2D eigenvalue weighted by atomic mass is 10.1. The molecule has 2 heterocycles. The molecule has 1 atom stereocenters. The number of rotatable bonds is 6. The molecule has 26 heavy (non-hydrogen) atoms. The second-order valence-corrected chi connectivity index (χ2v) is 7.22. The zero-order valence-electron chi connectivity index (χ0n) is 14.7. The summed E-state index contributed by atoms with van der Waals surface area (Å²) in [4.78, 5) is 26.0. The first-order valence-electron chi connectivity index (χ1n) is 8.65. The van der Waals surface area contributed by atoms with Crippen LogP contribution >= 0.6 is 11.3 Å². The largest absolute Gasteiger partial charge is 0.376 e. The van der Waals surface area contributed by atoms with Gasteiger partial charge in [-0.05, 0) is 49.4 Å². The molecule has 0 saturated carbocycles. The molecule has 2 aromatic rings. The minimum atomic E-state index is -0.311. The van der Waals surface area contributed by atoms with Gasteiger partial charge in [0.25, 0.3) is 11.8 Å². The standard InChI is InChI=1S/C20H22N2O3S/c1-14-6-8-15(9-7-14)19(23)22-18(12-17-5-3-11-26-17)20(24)21-13-16-4-2-10-25-16/h3,5-9,11-12,16H,2,4,10,13H2,1H3,(H,21,24)(H,22,23)/b18-12-/t16-/m0/s1. The minimum absolute atomic E-state index is 0.0507. The topological polar surface area (TPSA) is 67.4 Å². The molecule has 6 heteroatoms. The van der Waals surface area contributed by atoms with E-state index in [0.29, 0.717) is 12.1 Å². The summed E-state index contributed by atoms with van der Waals surface area (Å²) in [5.74, 6) is -0.616. The van der Waals surface area contributed by atoms with E-state index in [1.807, 2.05) is 36.6 Å². The Morgan fingerprint density at radius 1 is 1.27 bits per heavy atom. The van der Waals surface area contributed by atoms with Crippen LogP contribution in [0.25, 0.3) is 6.08 Å². The Balaban J connectivity index is 1.71. The zero-order chi connectivity index (χ0) is 18.4. The van der Waals surface area contributed by atoms with Crippen molar-refractivity contribution in [1.29, 1.82) is 0 Å². The number of carbonyl (C=O) groups excluding carboxylic acids is 2. The van der Waals surface area contributed by atoms with Crippen molar-refractivity contribution in [3.05, 3.63) is 63.5 Å². The molecule has 2 amide bonds. The van der Waals surface area contributed by atoms with Gasteiger partial charge in [-0.1, -0.05) is 23.8 Å².